The quantitative estimate of drug-likeness (QED) is 0.636. The SMILES string of the molecule is Cc1cc(Br)ccc1NC(=O)CC1CSc2nc3[nH]ncc3c(=O)n21. The molecule has 1 aromatic carbocycles. The van der Waals surface area contributed by atoms with E-state index in [2.05, 4.69) is 36.4 Å². The van der Waals surface area contributed by atoms with Crippen molar-refractivity contribution in [1.29, 1.82) is 0 Å². The lowest BCUT2D eigenvalue weighted by molar-refractivity contribution is -0.116. The van der Waals surface area contributed by atoms with Gasteiger partial charge in [-0.15, -0.1) is 0 Å². The molecule has 0 radical (unpaired) electrons. The zero-order chi connectivity index (χ0) is 17.6. The van der Waals surface area contributed by atoms with E-state index < -0.39 is 0 Å². The Labute approximate surface area is 155 Å². The predicted octanol–water partition coefficient (Wildman–Crippen LogP) is 2.87. The van der Waals surface area contributed by atoms with Crippen molar-refractivity contribution in [1.82, 2.24) is 19.7 Å². The number of fused-ring (bicyclic) bond motifs is 2. The molecule has 7 nitrogen and oxygen atoms in total. The fourth-order valence-corrected chi connectivity index (χ4v) is 4.50. The van der Waals surface area contributed by atoms with E-state index in [0.29, 0.717) is 21.9 Å². The van der Waals surface area contributed by atoms with Crippen LogP contribution in [0.1, 0.15) is 18.0 Å². The number of nitrogens with zero attached hydrogens (tertiary/aromatic N) is 3. The van der Waals surface area contributed by atoms with Crippen LogP contribution in [0.25, 0.3) is 11.0 Å². The summed E-state index contributed by atoms with van der Waals surface area (Å²) < 4.78 is 2.57. The van der Waals surface area contributed by atoms with Crippen LogP contribution in [0.2, 0.25) is 0 Å². The molecule has 1 unspecified atom stereocenters. The Balaban J connectivity index is 1.57. The summed E-state index contributed by atoms with van der Waals surface area (Å²) in [4.78, 5) is 29.5. The molecule has 4 rings (SSSR count). The van der Waals surface area contributed by atoms with Crippen molar-refractivity contribution in [3.8, 4) is 0 Å². The van der Waals surface area contributed by atoms with Gasteiger partial charge in [0.2, 0.25) is 5.91 Å². The summed E-state index contributed by atoms with van der Waals surface area (Å²) in [5, 5.41) is 10.6. The van der Waals surface area contributed by atoms with Gasteiger partial charge in [0.1, 0.15) is 5.39 Å². The van der Waals surface area contributed by atoms with Crippen molar-refractivity contribution < 1.29 is 4.79 Å². The van der Waals surface area contributed by atoms with E-state index in [-0.39, 0.29) is 23.9 Å². The van der Waals surface area contributed by atoms with Crippen molar-refractivity contribution in [2.75, 3.05) is 11.1 Å². The second-order valence-corrected chi connectivity index (χ2v) is 7.78. The number of amides is 1. The number of nitrogens with one attached hydrogen (secondary N) is 2. The van der Waals surface area contributed by atoms with Gasteiger partial charge in [-0.05, 0) is 30.7 Å². The fourth-order valence-electron chi connectivity index (χ4n) is 2.89. The van der Waals surface area contributed by atoms with Crippen molar-refractivity contribution in [3.63, 3.8) is 0 Å². The number of thioether (sulfide) groups is 1. The summed E-state index contributed by atoms with van der Waals surface area (Å²) in [5.41, 5.74) is 2.08. The number of benzene rings is 1. The van der Waals surface area contributed by atoms with Crippen LogP contribution in [0, 0.1) is 6.92 Å². The van der Waals surface area contributed by atoms with Gasteiger partial charge in [0.15, 0.2) is 10.8 Å². The standard InChI is InChI=1S/C16H14BrN5O2S/c1-8-4-9(17)2-3-12(8)19-13(23)5-10-7-25-16-20-14-11(6-18-21-14)15(24)22(10)16/h2-4,6,10H,5,7H2,1H3,(H,18,21)(H,19,23). The number of hydrogen-bond donors (Lipinski definition) is 2. The molecular formula is C16H14BrN5O2S. The number of aryl methyl sites for hydroxylation is 1. The Kier molecular flexibility index (Phi) is 4.12. The number of aromatic amines is 1. The number of anilines is 1. The molecule has 1 aliphatic heterocycles. The topological polar surface area (TPSA) is 92.7 Å². The van der Waals surface area contributed by atoms with Gasteiger partial charge in [0, 0.05) is 22.3 Å². The molecule has 3 heterocycles. The first-order valence-electron chi connectivity index (χ1n) is 7.67. The van der Waals surface area contributed by atoms with E-state index >= 15 is 0 Å². The third kappa shape index (κ3) is 2.98. The van der Waals surface area contributed by atoms with E-state index in [1.54, 1.807) is 4.57 Å². The lowest BCUT2D eigenvalue weighted by atomic mass is 10.1. The van der Waals surface area contributed by atoms with E-state index in [0.717, 1.165) is 15.7 Å². The third-order valence-electron chi connectivity index (χ3n) is 4.14. The maximum atomic E-state index is 12.6. The lowest BCUT2D eigenvalue weighted by Gasteiger charge is -2.14. The molecule has 1 aliphatic rings. The van der Waals surface area contributed by atoms with Crippen LogP contribution in [-0.2, 0) is 4.79 Å². The smallest absolute Gasteiger partial charge is 0.265 e. The second kappa shape index (κ2) is 6.30. The van der Waals surface area contributed by atoms with E-state index in [9.17, 15) is 9.59 Å². The highest BCUT2D eigenvalue weighted by atomic mass is 79.9. The average Bonchev–Trinajstić information content (AvgIpc) is 3.18. The van der Waals surface area contributed by atoms with Gasteiger partial charge in [-0.25, -0.2) is 4.98 Å². The van der Waals surface area contributed by atoms with Crippen LogP contribution in [0.4, 0.5) is 5.69 Å². The molecule has 128 valence electrons. The normalized spacial score (nSPS) is 16.2. The summed E-state index contributed by atoms with van der Waals surface area (Å²) in [7, 11) is 0. The number of halogens is 1. The predicted molar refractivity (Wildman–Crippen MR) is 100 cm³/mol. The molecule has 0 saturated carbocycles. The van der Waals surface area contributed by atoms with Crippen LogP contribution < -0.4 is 10.9 Å². The fraction of sp³-hybridized carbons (Fsp3) is 0.250. The van der Waals surface area contributed by atoms with Crippen LogP contribution in [0.3, 0.4) is 0 Å². The van der Waals surface area contributed by atoms with Gasteiger partial charge in [0.05, 0.1) is 12.2 Å². The molecule has 2 aromatic heterocycles. The molecule has 2 N–H and O–H groups in total. The van der Waals surface area contributed by atoms with Gasteiger partial charge in [-0.3, -0.25) is 19.3 Å². The molecule has 0 aliphatic carbocycles. The van der Waals surface area contributed by atoms with E-state index in [1.165, 1.54) is 18.0 Å². The highest BCUT2D eigenvalue weighted by molar-refractivity contribution is 9.10. The summed E-state index contributed by atoms with van der Waals surface area (Å²) in [5.74, 6) is 0.526. The maximum Gasteiger partial charge on any atom is 0.265 e. The van der Waals surface area contributed by atoms with Gasteiger partial charge in [-0.1, -0.05) is 27.7 Å². The molecule has 0 fully saturated rings. The molecule has 1 amide bonds. The Morgan fingerprint density at radius 3 is 3.16 bits per heavy atom. The molecule has 9 heteroatoms. The molecule has 0 saturated heterocycles. The summed E-state index contributed by atoms with van der Waals surface area (Å²) in [6.07, 6.45) is 1.70. The zero-order valence-electron chi connectivity index (χ0n) is 13.2. The Morgan fingerprint density at radius 1 is 1.52 bits per heavy atom. The largest absolute Gasteiger partial charge is 0.326 e. The lowest BCUT2D eigenvalue weighted by Crippen LogP contribution is -2.27. The van der Waals surface area contributed by atoms with Crippen LogP contribution >= 0.6 is 27.7 Å². The molecule has 1 atom stereocenters. The first-order valence-corrected chi connectivity index (χ1v) is 9.45. The van der Waals surface area contributed by atoms with Gasteiger partial charge < -0.3 is 5.32 Å². The number of carbonyl (C=O) groups is 1. The Bertz CT molecular complexity index is 1040. The van der Waals surface area contributed by atoms with E-state index in [1.807, 2.05) is 25.1 Å². The van der Waals surface area contributed by atoms with Gasteiger partial charge in [-0.2, -0.15) is 5.10 Å². The van der Waals surface area contributed by atoms with Crippen molar-refractivity contribution in [2.24, 2.45) is 0 Å². The van der Waals surface area contributed by atoms with Crippen molar-refractivity contribution in [3.05, 3.63) is 44.8 Å². The molecule has 3 aromatic rings. The first kappa shape index (κ1) is 16.3. The number of aromatic nitrogens is 4. The zero-order valence-corrected chi connectivity index (χ0v) is 15.6. The number of rotatable bonds is 3. The van der Waals surface area contributed by atoms with Crippen LogP contribution in [-0.4, -0.2) is 31.4 Å². The van der Waals surface area contributed by atoms with Gasteiger partial charge in [0.25, 0.3) is 5.56 Å². The first-order chi connectivity index (χ1) is 12.0. The van der Waals surface area contributed by atoms with Gasteiger partial charge >= 0.3 is 0 Å². The molecule has 25 heavy (non-hydrogen) atoms. The molecular weight excluding hydrogens is 406 g/mol. The van der Waals surface area contributed by atoms with Crippen LogP contribution in [0.5, 0.6) is 0 Å². The minimum atomic E-state index is -0.213. The highest BCUT2D eigenvalue weighted by Gasteiger charge is 2.28. The number of H-pyrrole nitrogens is 1. The Hall–Kier alpha value is -2.13. The molecule has 0 spiro atoms. The highest BCUT2D eigenvalue weighted by Crippen LogP contribution is 2.33. The number of carbonyl (C=O) groups excluding carboxylic acids is 1. The minimum Gasteiger partial charge on any atom is -0.326 e. The van der Waals surface area contributed by atoms with Crippen LogP contribution in [0.15, 0.2) is 38.8 Å². The second-order valence-electron chi connectivity index (χ2n) is 5.88. The maximum absolute atomic E-state index is 12.6. The summed E-state index contributed by atoms with van der Waals surface area (Å²) in [6, 6.07) is 5.47. The molecule has 0 bridgehead atoms. The van der Waals surface area contributed by atoms with E-state index in [4.69, 9.17) is 0 Å². The summed E-state index contributed by atoms with van der Waals surface area (Å²) in [6.45, 7) is 1.94. The Morgan fingerprint density at radius 2 is 2.36 bits per heavy atom. The third-order valence-corrected chi connectivity index (χ3v) is 5.73. The van der Waals surface area contributed by atoms with Crippen molar-refractivity contribution in [2.45, 2.75) is 24.5 Å². The summed E-state index contributed by atoms with van der Waals surface area (Å²) >= 11 is 4.89. The average molecular weight is 420 g/mol. The minimum absolute atomic E-state index is 0.122. The number of hydrogen-bond acceptors (Lipinski definition) is 5. The van der Waals surface area contributed by atoms with Crippen molar-refractivity contribution >= 4 is 50.3 Å². The monoisotopic (exact) mass is 419 g/mol.